The van der Waals surface area contributed by atoms with Crippen molar-refractivity contribution >= 4 is 11.3 Å². The Kier molecular flexibility index (Phi) is 3.95. The SMILES string of the molecule is COc1ccc(C2Cn3nnc(-c4noc(-c5ccsc5)n4)c3CO2)cc1. The van der Waals surface area contributed by atoms with Gasteiger partial charge in [0.05, 0.1) is 31.5 Å². The molecule has 1 atom stereocenters. The van der Waals surface area contributed by atoms with Crippen molar-refractivity contribution in [3.63, 3.8) is 0 Å². The molecule has 4 heterocycles. The van der Waals surface area contributed by atoms with Crippen LogP contribution in [0.1, 0.15) is 17.4 Å². The van der Waals surface area contributed by atoms with E-state index in [-0.39, 0.29) is 6.10 Å². The Morgan fingerprint density at radius 1 is 1.22 bits per heavy atom. The van der Waals surface area contributed by atoms with Gasteiger partial charge in [-0.3, -0.25) is 0 Å². The molecular formula is C18H15N5O3S. The normalized spacial score (nSPS) is 16.3. The zero-order valence-electron chi connectivity index (χ0n) is 14.4. The molecule has 0 spiro atoms. The van der Waals surface area contributed by atoms with Gasteiger partial charge in [0.1, 0.15) is 11.9 Å². The Hall–Kier alpha value is -3.04. The number of thiophene rings is 1. The molecule has 1 aliphatic rings. The van der Waals surface area contributed by atoms with Crippen molar-refractivity contribution in [2.24, 2.45) is 0 Å². The number of methoxy groups -OCH3 is 1. The Balaban J connectivity index is 1.40. The summed E-state index contributed by atoms with van der Waals surface area (Å²) < 4.78 is 18.4. The van der Waals surface area contributed by atoms with Crippen LogP contribution in [0, 0.1) is 0 Å². The van der Waals surface area contributed by atoms with E-state index in [0.29, 0.717) is 30.6 Å². The second-order valence-electron chi connectivity index (χ2n) is 6.07. The highest BCUT2D eigenvalue weighted by molar-refractivity contribution is 7.08. The van der Waals surface area contributed by atoms with Crippen LogP contribution in [0.4, 0.5) is 0 Å². The fourth-order valence-corrected chi connectivity index (χ4v) is 3.66. The van der Waals surface area contributed by atoms with Gasteiger partial charge in [-0.05, 0) is 29.1 Å². The number of rotatable bonds is 4. The molecule has 8 nitrogen and oxygen atoms in total. The average molecular weight is 381 g/mol. The number of fused-ring (bicyclic) bond motifs is 1. The molecule has 0 fully saturated rings. The molecular weight excluding hydrogens is 366 g/mol. The minimum Gasteiger partial charge on any atom is -0.497 e. The zero-order chi connectivity index (χ0) is 18.2. The second kappa shape index (κ2) is 6.60. The molecule has 27 heavy (non-hydrogen) atoms. The van der Waals surface area contributed by atoms with Gasteiger partial charge < -0.3 is 14.0 Å². The summed E-state index contributed by atoms with van der Waals surface area (Å²) in [5, 5.41) is 16.5. The zero-order valence-corrected chi connectivity index (χ0v) is 15.2. The number of hydrogen-bond donors (Lipinski definition) is 0. The number of ether oxygens (including phenoxy) is 2. The first kappa shape index (κ1) is 16.2. The fraction of sp³-hybridized carbons (Fsp3) is 0.222. The predicted molar refractivity (Wildman–Crippen MR) is 97.2 cm³/mol. The molecule has 0 aliphatic carbocycles. The lowest BCUT2D eigenvalue weighted by Crippen LogP contribution is -2.22. The lowest BCUT2D eigenvalue weighted by molar-refractivity contribution is -0.00114. The molecule has 5 rings (SSSR count). The summed E-state index contributed by atoms with van der Waals surface area (Å²) in [5.41, 5.74) is 3.40. The van der Waals surface area contributed by atoms with Gasteiger partial charge >= 0.3 is 0 Å². The molecule has 136 valence electrons. The minimum absolute atomic E-state index is 0.0930. The van der Waals surface area contributed by atoms with Crippen LogP contribution >= 0.6 is 11.3 Å². The first-order valence-corrected chi connectivity index (χ1v) is 9.30. The molecule has 1 aromatic carbocycles. The van der Waals surface area contributed by atoms with Gasteiger partial charge in [0.2, 0.25) is 5.82 Å². The van der Waals surface area contributed by atoms with Crippen LogP contribution in [0.15, 0.2) is 45.6 Å². The van der Waals surface area contributed by atoms with Crippen molar-refractivity contribution in [1.82, 2.24) is 25.1 Å². The Bertz CT molecular complexity index is 1060. The summed E-state index contributed by atoms with van der Waals surface area (Å²) >= 11 is 1.58. The fourth-order valence-electron chi connectivity index (χ4n) is 3.03. The van der Waals surface area contributed by atoms with Crippen molar-refractivity contribution < 1.29 is 14.0 Å². The van der Waals surface area contributed by atoms with E-state index in [1.807, 2.05) is 45.8 Å². The first-order valence-electron chi connectivity index (χ1n) is 8.36. The highest BCUT2D eigenvalue weighted by atomic mass is 32.1. The maximum atomic E-state index is 6.04. The van der Waals surface area contributed by atoms with E-state index in [9.17, 15) is 0 Å². The third-order valence-electron chi connectivity index (χ3n) is 4.49. The quantitative estimate of drug-likeness (QED) is 0.536. The van der Waals surface area contributed by atoms with Crippen molar-refractivity contribution in [1.29, 1.82) is 0 Å². The lowest BCUT2D eigenvalue weighted by Gasteiger charge is -2.24. The van der Waals surface area contributed by atoms with Crippen LogP contribution in [-0.4, -0.2) is 32.2 Å². The summed E-state index contributed by atoms with van der Waals surface area (Å²) in [6, 6.07) is 9.78. The van der Waals surface area contributed by atoms with Crippen LogP contribution in [0.2, 0.25) is 0 Å². The van der Waals surface area contributed by atoms with Crippen molar-refractivity contribution in [2.45, 2.75) is 19.3 Å². The number of nitrogens with zero attached hydrogens (tertiary/aromatic N) is 5. The average Bonchev–Trinajstić information content (AvgIpc) is 3.46. The predicted octanol–water partition coefficient (Wildman–Crippen LogP) is 3.34. The summed E-state index contributed by atoms with van der Waals surface area (Å²) in [6.07, 6.45) is -0.0930. The third kappa shape index (κ3) is 2.90. The van der Waals surface area contributed by atoms with Crippen LogP contribution in [0.25, 0.3) is 23.0 Å². The summed E-state index contributed by atoms with van der Waals surface area (Å²) in [7, 11) is 1.65. The summed E-state index contributed by atoms with van der Waals surface area (Å²) in [6.45, 7) is 0.950. The molecule has 3 aromatic heterocycles. The lowest BCUT2D eigenvalue weighted by atomic mass is 10.1. The standard InChI is InChI=1S/C18H15N5O3S/c1-24-13-4-2-11(3-5-13)15-8-23-14(9-25-15)16(20-22-23)17-19-18(26-21-17)12-6-7-27-10-12/h2-7,10,15H,8-9H2,1H3. The minimum atomic E-state index is -0.0930. The molecule has 0 saturated carbocycles. The molecule has 4 aromatic rings. The largest absolute Gasteiger partial charge is 0.497 e. The van der Waals surface area contributed by atoms with E-state index in [0.717, 1.165) is 22.6 Å². The summed E-state index contributed by atoms with van der Waals surface area (Å²) in [5.74, 6) is 1.71. The highest BCUT2D eigenvalue weighted by Gasteiger charge is 2.27. The molecule has 0 radical (unpaired) electrons. The molecule has 1 aliphatic heterocycles. The van der Waals surface area contributed by atoms with Crippen LogP contribution in [0.5, 0.6) is 5.75 Å². The van der Waals surface area contributed by atoms with Gasteiger partial charge in [-0.25, -0.2) is 4.68 Å². The molecule has 0 saturated heterocycles. The Morgan fingerprint density at radius 3 is 2.89 bits per heavy atom. The second-order valence-corrected chi connectivity index (χ2v) is 6.85. The molecule has 9 heteroatoms. The van der Waals surface area contributed by atoms with Gasteiger partial charge in [-0.1, -0.05) is 22.5 Å². The third-order valence-corrected chi connectivity index (χ3v) is 5.17. The van der Waals surface area contributed by atoms with E-state index >= 15 is 0 Å². The van der Waals surface area contributed by atoms with E-state index in [2.05, 4.69) is 20.5 Å². The van der Waals surface area contributed by atoms with Crippen LogP contribution in [-0.2, 0) is 17.9 Å². The van der Waals surface area contributed by atoms with E-state index in [1.165, 1.54) is 0 Å². The monoisotopic (exact) mass is 381 g/mol. The Morgan fingerprint density at radius 2 is 2.11 bits per heavy atom. The molecule has 0 amide bonds. The maximum absolute atomic E-state index is 6.04. The van der Waals surface area contributed by atoms with Crippen LogP contribution in [0.3, 0.4) is 0 Å². The number of aromatic nitrogens is 5. The number of hydrogen-bond acceptors (Lipinski definition) is 8. The maximum Gasteiger partial charge on any atom is 0.259 e. The Labute approximate surface area is 158 Å². The van der Waals surface area contributed by atoms with Gasteiger partial charge in [0, 0.05) is 5.38 Å². The molecule has 0 N–H and O–H groups in total. The molecule has 0 bridgehead atoms. The van der Waals surface area contributed by atoms with E-state index in [4.69, 9.17) is 14.0 Å². The smallest absolute Gasteiger partial charge is 0.259 e. The summed E-state index contributed by atoms with van der Waals surface area (Å²) in [4.78, 5) is 4.44. The van der Waals surface area contributed by atoms with E-state index in [1.54, 1.807) is 18.4 Å². The van der Waals surface area contributed by atoms with Crippen molar-refractivity contribution in [3.8, 4) is 28.7 Å². The van der Waals surface area contributed by atoms with Crippen molar-refractivity contribution in [2.75, 3.05) is 7.11 Å². The first-order chi connectivity index (χ1) is 13.3. The van der Waals surface area contributed by atoms with E-state index < -0.39 is 0 Å². The van der Waals surface area contributed by atoms with Gasteiger partial charge in [-0.2, -0.15) is 16.3 Å². The van der Waals surface area contributed by atoms with Gasteiger partial charge in [0.15, 0.2) is 5.69 Å². The van der Waals surface area contributed by atoms with Crippen LogP contribution < -0.4 is 4.74 Å². The topological polar surface area (TPSA) is 88.1 Å². The molecule has 1 unspecified atom stereocenters. The highest BCUT2D eigenvalue weighted by Crippen LogP contribution is 2.31. The van der Waals surface area contributed by atoms with Gasteiger partial charge in [0.25, 0.3) is 5.89 Å². The van der Waals surface area contributed by atoms with Gasteiger partial charge in [-0.15, -0.1) is 5.10 Å². The number of benzene rings is 1. The van der Waals surface area contributed by atoms with Crippen molar-refractivity contribution in [3.05, 3.63) is 52.3 Å².